The molecule has 4 heterocycles. The topological polar surface area (TPSA) is 90.0 Å². The van der Waals surface area contributed by atoms with Gasteiger partial charge >= 0.3 is 0 Å². The number of halogens is 1. The van der Waals surface area contributed by atoms with Crippen molar-refractivity contribution in [1.29, 1.82) is 0 Å². The summed E-state index contributed by atoms with van der Waals surface area (Å²) in [6.45, 7) is 2.17. The Labute approximate surface area is 155 Å². The van der Waals surface area contributed by atoms with Crippen molar-refractivity contribution in [3.05, 3.63) is 36.3 Å². The van der Waals surface area contributed by atoms with E-state index in [2.05, 4.69) is 30.4 Å². The van der Waals surface area contributed by atoms with Crippen LogP contribution >= 0.6 is 0 Å². The summed E-state index contributed by atoms with van der Waals surface area (Å²) < 4.78 is 14.5. The highest BCUT2D eigenvalue weighted by Gasteiger charge is 2.44. The van der Waals surface area contributed by atoms with Crippen LogP contribution in [0.5, 0.6) is 0 Å². The number of aliphatic hydroxyl groups is 1. The van der Waals surface area contributed by atoms with Gasteiger partial charge in [-0.3, -0.25) is 5.10 Å². The van der Waals surface area contributed by atoms with Crippen LogP contribution in [0.4, 0.5) is 10.2 Å². The predicted molar refractivity (Wildman–Crippen MR) is 99.9 cm³/mol. The zero-order valence-corrected chi connectivity index (χ0v) is 14.8. The molecule has 1 aliphatic heterocycles. The van der Waals surface area contributed by atoms with Gasteiger partial charge < -0.3 is 15.3 Å². The molecule has 3 aromatic rings. The van der Waals surface area contributed by atoms with E-state index in [0.717, 1.165) is 37.7 Å². The SMILES string of the molecule is OC1(C2CN(c3ccc(F)c(-c4n[nH]c5ncccc45)n3)CCN2)CCC1. The Morgan fingerprint density at radius 3 is 2.93 bits per heavy atom. The van der Waals surface area contributed by atoms with Gasteiger partial charge in [-0.15, -0.1) is 0 Å². The van der Waals surface area contributed by atoms with Crippen molar-refractivity contribution >= 4 is 16.9 Å². The number of nitrogens with one attached hydrogen (secondary N) is 2. The van der Waals surface area contributed by atoms with Gasteiger partial charge in [-0.1, -0.05) is 0 Å². The molecule has 1 saturated carbocycles. The Balaban J connectivity index is 1.48. The van der Waals surface area contributed by atoms with E-state index in [-0.39, 0.29) is 11.7 Å². The van der Waals surface area contributed by atoms with E-state index in [1.807, 2.05) is 6.07 Å². The quantitative estimate of drug-likeness (QED) is 0.654. The molecular weight excluding hydrogens is 347 g/mol. The molecule has 1 unspecified atom stereocenters. The third-order valence-electron chi connectivity index (χ3n) is 5.76. The first-order chi connectivity index (χ1) is 13.1. The van der Waals surface area contributed by atoms with Crippen LogP contribution in [0.3, 0.4) is 0 Å². The van der Waals surface area contributed by atoms with E-state index in [0.29, 0.717) is 23.7 Å². The Hall–Kier alpha value is -2.58. The summed E-state index contributed by atoms with van der Waals surface area (Å²) in [7, 11) is 0. The fourth-order valence-electron chi connectivity index (χ4n) is 4.01. The second-order valence-electron chi connectivity index (χ2n) is 7.38. The van der Waals surface area contributed by atoms with Gasteiger partial charge in [-0.05, 0) is 43.5 Å². The molecule has 3 N–H and O–H groups in total. The minimum atomic E-state index is -0.633. The summed E-state index contributed by atoms with van der Waals surface area (Å²) in [5, 5.41) is 21.9. The third-order valence-corrected chi connectivity index (χ3v) is 5.76. The van der Waals surface area contributed by atoms with Gasteiger partial charge in [0.15, 0.2) is 11.5 Å². The van der Waals surface area contributed by atoms with Crippen LogP contribution < -0.4 is 10.2 Å². The Morgan fingerprint density at radius 2 is 2.11 bits per heavy atom. The Kier molecular flexibility index (Phi) is 3.84. The number of rotatable bonds is 3. The third kappa shape index (κ3) is 2.76. The van der Waals surface area contributed by atoms with Gasteiger partial charge in [0.2, 0.25) is 0 Å². The molecule has 1 aliphatic carbocycles. The van der Waals surface area contributed by atoms with Crippen LogP contribution in [0.1, 0.15) is 19.3 Å². The number of anilines is 1. The average Bonchev–Trinajstić information content (AvgIpc) is 3.10. The predicted octanol–water partition coefficient (Wildman–Crippen LogP) is 1.85. The maximum Gasteiger partial charge on any atom is 0.155 e. The molecule has 5 rings (SSSR count). The number of fused-ring (bicyclic) bond motifs is 1. The van der Waals surface area contributed by atoms with Crippen LogP contribution in [0.2, 0.25) is 0 Å². The lowest BCUT2D eigenvalue weighted by Crippen LogP contribution is -2.64. The number of nitrogens with zero attached hydrogens (tertiary/aromatic N) is 4. The van der Waals surface area contributed by atoms with Crippen molar-refractivity contribution in [2.45, 2.75) is 30.9 Å². The lowest BCUT2D eigenvalue weighted by Gasteiger charge is -2.48. The second-order valence-corrected chi connectivity index (χ2v) is 7.38. The highest BCUT2D eigenvalue weighted by molar-refractivity contribution is 5.89. The fraction of sp³-hybridized carbons (Fsp3) is 0.421. The van der Waals surface area contributed by atoms with E-state index < -0.39 is 11.4 Å². The first kappa shape index (κ1) is 16.6. The van der Waals surface area contributed by atoms with Crippen LogP contribution in [0.15, 0.2) is 30.5 Å². The molecule has 2 aliphatic rings. The lowest BCUT2D eigenvalue weighted by molar-refractivity contribution is -0.0650. The molecule has 27 heavy (non-hydrogen) atoms. The summed E-state index contributed by atoms with van der Waals surface area (Å²) in [6.07, 6.45) is 4.38. The minimum Gasteiger partial charge on any atom is -0.388 e. The van der Waals surface area contributed by atoms with Crippen molar-refractivity contribution in [3.63, 3.8) is 0 Å². The summed E-state index contributed by atoms with van der Waals surface area (Å²) in [4.78, 5) is 10.9. The lowest BCUT2D eigenvalue weighted by atomic mass is 9.74. The van der Waals surface area contributed by atoms with Gasteiger partial charge in [0.05, 0.1) is 11.6 Å². The molecule has 0 spiro atoms. The normalized spacial score (nSPS) is 22.0. The number of aromatic amines is 1. The van der Waals surface area contributed by atoms with Gasteiger partial charge in [-0.2, -0.15) is 5.10 Å². The average molecular weight is 368 g/mol. The molecule has 0 aromatic carbocycles. The maximum atomic E-state index is 14.5. The summed E-state index contributed by atoms with van der Waals surface area (Å²) in [5.41, 5.74) is 0.644. The highest BCUT2D eigenvalue weighted by Crippen LogP contribution is 2.36. The Morgan fingerprint density at radius 1 is 1.22 bits per heavy atom. The van der Waals surface area contributed by atoms with Crippen molar-refractivity contribution in [2.24, 2.45) is 0 Å². The second kappa shape index (κ2) is 6.24. The molecule has 2 fully saturated rings. The molecular formula is C19H21FN6O. The smallest absolute Gasteiger partial charge is 0.155 e. The number of aromatic nitrogens is 4. The van der Waals surface area contributed by atoms with E-state index in [4.69, 9.17) is 0 Å². The van der Waals surface area contributed by atoms with Crippen LogP contribution in [0.25, 0.3) is 22.4 Å². The molecule has 8 heteroatoms. The number of hydrogen-bond acceptors (Lipinski definition) is 6. The van der Waals surface area contributed by atoms with E-state index >= 15 is 0 Å². The summed E-state index contributed by atoms with van der Waals surface area (Å²) in [6, 6.07) is 6.78. The van der Waals surface area contributed by atoms with Gasteiger partial charge in [0, 0.05) is 31.2 Å². The fourth-order valence-corrected chi connectivity index (χ4v) is 4.01. The molecule has 0 amide bonds. The summed E-state index contributed by atoms with van der Waals surface area (Å²) in [5.74, 6) is 0.279. The first-order valence-electron chi connectivity index (χ1n) is 9.31. The van der Waals surface area contributed by atoms with Crippen LogP contribution in [-0.2, 0) is 0 Å². The molecule has 7 nitrogen and oxygen atoms in total. The van der Waals surface area contributed by atoms with Gasteiger partial charge in [0.25, 0.3) is 0 Å². The molecule has 1 atom stereocenters. The van der Waals surface area contributed by atoms with Crippen LogP contribution in [-0.4, -0.2) is 56.5 Å². The molecule has 140 valence electrons. The number of pyridine rings is 2. The van der Waals surface area contributed by atoms with Crippen molar-refractivity contribution in [3.8, 4) is 11.4 Å². The van der Waals surface area contributed by atoms with Crippen molar-refractivity contribution < 1.29 is 9.50 Å². The number of hydrogen-bond donors (Lipinski definition) is 3. The molecule has 0 bridgehead atoms. The van der Waals surface area contributed by atoms with Crippen LogP contribution in [0, 0.1) is 5.82 Å². The van der Waals surface area contributed by atoms with Gasteiger partial charge in [-0.25, -0.2) is 14.4 Å². The largest absolute Gasteiger partial charge is 0.388 e. The Bertz CT molecular complexity index is 985. The number of piperazine rings is 1. The zero-order valence-electron chi connectivity index (χ0n) is 14.8. The van der Waals surface area contributed by atoms with E-state index in [1.165, 1.54) is 6.07 Å². The number of H-pyrrole nitrogens is 1. The summed E-state index contributed by atoms with van der Waals surface area (Å²) >= 11 is 0. The highest BCUT2D eigenvalue weighted by atomic mass is 19.1. The maximum absolute atomic E-state index is 14.5. The van der Waals surface area contributed by atoms with Crippen molar-refractivity contribution in [2.75, 3.05) is 24.5 Å². The van der Waals surface area contributed by atoms with E-state index in [1.54, 1.807) is 18.3 Å². The first-order valence-corrected chi connectivity index (χ1v) is 9.31. The molecule has 1 saturated heterocycles. The monoisotopic (exact) mass is 368 g/mol. The van der Waals surface area contributed by atoms with E-state index in [9.17, 15) is 9.50 Å². The van der Waals surface area contributed by atoms with Crippen molar-refractivity contribution in [1.82, 2.24) is 25.5 Å². The zero-order chi connectivity index (χ0) is 18.4. The molecule has 0 radical (unpaired) electrons. The molecule has 3 aromatic heterocycles. The standard InChI is InChI=1S/C19H21FN6O/c20-13-4-5-15(26-10-9-21-14(11-26)19(27)6-2-7-19)23-17(13)16-12-3-1-8-22-18(12)25-24-16/h1,3-5,8,14,21,27H,2,6-7,9-11H2,(H,22,24,25). The van der Waals surface area contributed by atoms with Gasteiger partial charge in [0.1, 0.15) is 17.2 Å². The minimum absolute atomic E-state index is 0.00529.